The predicted octanol–water partition coefficient (Wildman–Crippen LogP) is 1.11. The molecule has 0 rings (SSSR count). The molecule has 0 heterocycles. The van der Waals surface area contributed by atoms with Crippen LogP contribution in [-0.4, -0.2) is 23.2 Å². The van der Waals surface area contributed by atoms with Crippen molar-refractivity contribution in [1.82, 2.24) is 5.32 Å². The Hall–Kier alpha value is -1.52. The van der Waals surface area contributed by atoms with Crippen LogP contribution < -0.4 is 5.32 Å². The van der Waals surface area contributed by atoms with Crippen molar-refractivity contribution in [3.63, 3.8) is 0 Å². The summed E-state index contributed by atoms with van der Waals surface area (Å²) >= 11 is 0. The first-order valence-corrected chi connectivity index (χ1v) is 3.88. The Balaban J connectivity index is 3.88. The van der Waals surface area contributed by atoms with Crippen LogP contribution in [0.3, 0.4) is 0 Å². The molecule has 0 radical (unpaired) electrons. The molecule has 0 aromatic carbocycles. The number of rotatable bonds is 4. The van der Waals surface area contributed by atoms with Crippen LogP contribution in [0, 0.1) is 0 Å². The molecule has 0 aliphatic heterocycles. The highest BCUT2D eigenvalue weighted by atomic mass is 16.6. The van der Waals surface area contributed by atoms with E-state index in [0.717, 1.165) is 6.42 Å². The van der Waals surface area contributed by atoms with E-state index in [2.05, 4.69) is 16.6 Å². The van der Waals surface area contributed by atoms with Crippen LogP contribution in [0.15, 0.2) is 12.3 Å². The van der Waals surface area contributed by atoms with E-state index in [1.54, 1.807) is 6.92 Å². The van der Waals surface area contributed by atoms with E-state index in [1.807, 2.05) is 6.92 Å². The van der Waals surface area contributed by atoms with E-state index in [4.69, 9.17) is 5.11 Å². The summed E-state index contributed by atoms with van der Waals surface area (Å²) in [5, 5.41) is 10.7. The molecule has 13 heavy (non-hydrogen) atoms. The van der Waals surface area contributed by atoms with Gasteiger partial charge >= 0.3 is 12.1 Å². The third-order valence-corrected chi connectivity index (χ3v) is 1.43. The number of nitrogens with one attached hydrogen (secondary N) is 1. The van der Waals surface area contributed by atoms with Crippen molar-refractivity contribution >= 4 is 12.1 Å². The number of ether oxygens (including phenoxy) is 1. The van der Waals surface area contributed by atoms with Gasteiger partial charge in [-0.05, 0) is 19.9 Å². The molecule has 0 aromatic rings. The highest BCUT2D eigenvalue weighted by Gasteiger charge is 2.12. The Morgan fingerprint density at radius 1 is 1.62 bits per heavy atom. The monoisotopic (exact) mass is 187 g/mol. The van der Waals surface area contributed by atoms with Crippen LogP contribution >= 0.6 is 0 Å². The molecule has 0 fully saturated rings. The van der Waals surface area contributed by atoms with Gasteiger partial charge in [0.15, 0.2) is 0 Å². The number of alkyl carbamates (subject to hydrolysis) is 1. The van der Waals surface area contributed by atoms with Crippen molar-refractivity contribution in [2.75, 3.05) is 0 Å². The van der Waals surface area contributed by atoms with Gasteiger partial charge in [0, 0.05) is 6.04 Å². The molecule has 74 valence electrons. The van der Waals surface area contributed by atoms with Crippen LogP contribution in [0.5, 0.6) is 0 Å². The molecular weight excluding hydrogens is 174 g/mol. The molecule has 1 atom stereocenters. The minimum absolute atomic E-state index is 0.0471. The number of amides is 1. The molecule has 1 unspecified atom stereocenters. The Morgan fingerprint density at radius 3 is 2.54 bits per heavy atom. The van der Waals surface area contributed by atoms with Crippen molar-refractivity contribution in [2.45, 2.75) is 26.3 Å². The molecule has 0 saturated carbocycles. The van der Waals surface area contributed by atoms with Gasteiger partial charge in [0.1, 0.15) is 0 Å². The van der Waals surface area contributed by atoms with Crippen molar-refractivity contribution < 1.29 is 19.4 Å². The fraction of sp³-hybridized carbons (Fsp3) is 0.500. The standard InChI is InChI=1S/C8H13NO4/c1-4-5(2)9-8(12)13-6(3)7(10)11/h5H,3-4H2,1-2H3,(H,9,12)(H,10,11). The van der Waals surface area contributed by atoms with Crippen LogP contribution in [-0.2, 0) is 9.53 Å². The van der Waals surface area contributed by atoms with Gasteiger partial charge in [0.25, 0.3) is 0 Å². The molecule has 0 aliphatic rings. The first-order valence-electron chi connectivity index (χ1n) is 3.88. The Morgan fingerprint density at radius 2 is 2.15 bits per heavy atom. The van der Waals surface area contributed by atoms with Crippen LogP contribution in [0.1, 0.15) is 20.3 Å². The molecule has 1 amide bonds. The van der Waals surface area contributed by atoms with E-state index < -0.39 is 17.8 Å². The molecular formula is C8H13NO4. The molecule has 0 saturated heterocycles. The molecule has 0 bridgehead atoms. The van der Waals surface area contributed by atoms with Gasteiger partial charge in [0.05, 0.1) is 0 Å². The van der Waals surface area contributed by atoms with Crippen LogP contribution in [0.25, 0.3) is 0 Å². The highest BCUT2D eigenvalue weighted by Crippen LogP contribution is 1.95. The van der Waals surface area contributed by atoms with E-state index in [1.165, 1.54) is 0 Å². The van der Waals surface area contributed by atoms with Gasteiger partial charge in [-0.3, -0.25) is 0 Å². The van der Waals surface area contributed by atoms with Crippen LogP contribution in [0.2, 0.25) is 0 Å². The first kappa shape index (κ1) is 11.5. The molecule has 2 N–H and O–H groups in total. The zero-order valence-corrected chi connectivity index (χ0v) is 7.66. The third kappa shape index (κ3) is 4.84. The van der Waals surface area contributed by atoms with Crippen molar-refractivity contribution in [1.29, 1.82) is 0 Å². The van der Waals surface area contributed by atoms with E-state index in [9.17, 15) is 9.59 Å². The lowest BCUT2D eigenvalue weighted by atomic mass is 10.3. The molecule has 0 spiro atoms. The second-order valence-electron chi connectivity index (χ2n) is 2.57. The van der Waals surface area contributed by atoms with Crippen molar-refractivity contribution in [3.8, 4) is 0 Å². The Bertz CT molecular complexity index is 224. The lowest BCUT2D eigenvalue weighted by molar-refractivity contribution is -0.135. The summed E-state index contributed by atoms with van der Waals surface area (Å²) in [6.45, 7) is 6.71. The quantitative estimate of drug-likeness (QED) is 0.510. The number of aliphatic carboxylic acids is 1. The van der Waals surface area contributed by atoms with Gasteiger partial charge in [-0.1, -0.05) is 6.92 Å². The number of carboxylic acids is 1. The van der Waals surface area contributed by atoms with E-state index in [-0.39, 0.29) is 6.04 Å². The van der Waals surface area contributed by atoms with E-state index >= 15 is 0 Å². The zero-order valence-electron chi connectivity index (χ0n) is 7.66. The number of carbonyl (C=O) groups is 2. The fourth-order valence-corrected chi connectivity index (χ4v) is 0.488. The van der Waals surface area contributed by atoms with Crippen molar-refractivity contribution in [3.05, 3.63) is 12.3 Å². The number of hydrogen-bond acceptors (Lipinski definition) is 3. The summed E-state index contributed by atoms with van der Waals surface area (Å²) in [7, 11) is 0. The van der Waals surface area contributed by atoms with Crippen molar-refractivity contribution in [2.24, 2.45) is 0 Å². The van der Waals surface area contributed by atoms with E-state index in [0.29, 0.717) is 0 Å². The van der Waals surface area contributed by atoms with Gasteiger partial charge in [-0.2, -0.15) is 0 Å². The molecule has 5 nitrogen and oxygen atoms in total. The number of carboxylic acid groups (broad SMARTS) is 1. The van der Waals surface area contributed by atoms with Gasteiger partial charge in [0.2, 0.25) is 5.76 Å². The maximum Gasteiger partial charge on any atom is 0.413 e. The molecule has 0 aromatic heterocycles. The summed E-state index contributed by atoms with van der Waals surface area (Å²) in [4.78, 5) is 21.1. The lowest BCUT2D eigenvalue weighted by Gasteiger charge is -2.10. The summed E-state index contributed by atoms with van der Waals surface area (Å²) in [5.41, 5.74) is 0. The fourth-order valence-electron chi connectivity index (χ4n) is 0.488. The summed E-state index contributed by atoms with van der Waals surface area (Å²) in [6.07, 6.45) is -0.0454. The topological polar surface area (TPSA) is 75.6 Å². The second-order valence-corrected chi connectivity index (χ2v) is 2.57. The largest absolute Gasteiger partial charge is 0.475 e. The average Bonchev–Trinajstić information content (AvgIpc) is 2.03. The Kier molecular flexibility index (Phi) is 4.58. The Labute approximate surface area is 76.4 Å². The molecule has 0 aliphatic carbocycles. The van der Waals surface area contributed by atoms with Gasteiger partial charge in [-0.15, -0.1) is 0 Å². The van der Waals surface area contributed by atoms with Gasteiger partial charge < -0.3 is 15.2 Å². The third-order valence-electron chi connectivity index (χ3n) is 1.43. The number of carbonyl (C=O) groups excluding carboxylic acids is 1. The van der Waals surface area contributed by atoms with Crippen LogP contribution in [0.4, 0.5) is 4.79 Å². The molecule has 5 heteroatoms. The lowest BCUT2D eigenvalue weighted by Crippen LogP contribution is -2.32. The summed E-state index contributed by atoms with van der Waals surface area (Å²) in [5.74, 6) is -1.93. The smallest absolute Gasteiger partial charge is 0.413 e. The second kappa shape index (κ2) is 5.18. The minimum atomic E-state index is -1.35. The normalized spacial score (nSPS) is 11.5. The predicted molar refractivity (Wildman–Crippen MR) is 46.1 cm³/mol. The highest BCUT2D eigenvalue weighted by molar-refractivity contribution is 5.86. The summed E-state index contributed by atoms with van der Waals surface area (Å²) in [6, 6.07) is -0.0471. The number of hydrogen-bond donors (Lipinski definition) is 2. The zero-order chi connectivity index (χ0) is 10.4. The average molecular weight is 187 g/mol. The summed E-state index contributed by atoms with van der Waals surface area (Å²) < 4.78 is 4.34. The SMILES string of the molecule is C=C(OC(=O)NC(C)CC)C(=O)O. The maximum atomic E-state index is 10.9. The minimum Gasteiger partial charge on any atom is -0.475 e. The first-order chi connectivity index (χ1) is 5.97. The maximum absolute atomic E-state index is 10.9. The van der Waals surface area contributed by atoms with Gasteiger partial charge in [-0.25, -0.2) is 9.59 Å².